The summed E-state index contributed by atoms with van der Waals surface area (Å²) in [7, 11) is -0.0730. The van der Waals surface area contributed by atoms with E-state index in [0.29, 0.717) is 6.90 Å². The average molecular weight is 88.2 g/mol. The summed E-state index contributed by atoms with van der Waals surface area (Å²) < 4.78 is 6.76. The Labute approximate surface area is 37.2 Å². The SMILES string of the molecule is [2H]CC[Si](C)C. The maximum Gasteiger partial charge on any atom is 0.0410 e. The first-order chi connectivity index (χ1) is 2.77. The molecule has 0 rings (SSSR count). The molecule has 0 aromatic heterocycles. The normalized spacial score (nSPS) is 12.2. The molecular weight excluding hydrogens is 76.1 g/mol. The molecule has 0 saturated heterocycles. The fraction of sp³-hybridized carbons (Fsp3) is 1.00. The molecule has 0 nitrogen and oxygen atoms in total. The molecule has 0 aliphatic rings. The van der Waals surface area contributed by atoms with Crippen molar-refractivity contribution in [2.24, 2.45) is 0 Å². The van der Waals surface area contributed by atoms with E-state index >= 15 is 0 Å². The van der Waals surface area contributed by atoms with E-state index in [4.69, 9.17) is 1.37 Å². The van der Waals surface area contributed by atoms with Crippen molar-refractivity contribution in [3.05, 3.63) is 0 Å². The molecule has 0 aromatic carbocycles. The van der Waals surface area contributed by atoms with Gasteiger partial charge in [0.05, 0.1) is 0 Å². The second kappa shape index (κ2) is 2.45. The van der Waals surface area contributed by atoms with Gasteiger partial charge in [-0.3, -0.25) is 0 Å². The van der Waals surface area contributed by atoms with Gasteiger partial charge in [0, 0.05) is 10.2 Å². The Bertz CT molecular complexity index is 28.7. The smallest absolute Gasteiger partial charge is 0.0410 e. The second-order valence-corrected chi connectivity index (χ2v) is 4.37. The molecule has 5 heavy (non-hydrogen) atoms. The Kier molecular flexibility index (Phi) is 1.67. The van der Waals surface area contributed by atoms with Gasteiger partial charge in [0.15, 0.2) is 0 Å². The molecule has 31 valence electrons. The first kappa shape index (κ1) is 3.41. The fourth-order valence-electron chi connectivity index (χ4n) is 0. The predicted octanol–water partition coefficient (Wildman–Crippen LogP) is 1.76. The van der Waals surface area contributed by atoms with Gasteiger partial charge in [-0.05, 0) is 0 Å². The van der Waals surface area contributed by atoms with Gasteiger partial charge >= 0.3 is 0 Å². The Hall–Kier alpha value is 0.217. The lowest BCUT2D eigenvalue weighted by Gasteiger charge is -1.87. The highest BCUT2D eigenvalue weighted by atomic mass is 28.3. The van der Waals surface area contributed by atoms with Gasteiger partial charge < -0.3 is 0 Å². The molecule has 0 saturated carbocycles. The van der Waals surface area contributed by atoms with Crippen molar-refractivity contribution in [3.63, 3.8) is 0 Å². The van der Waals surface area contributed by atoms with Crippen molar-refractivity contribution in [2.75, 3.05) is 0 Å². The van der Waals surface area contributed by atoms with Crippen LogP contribution >= 0.6 is 0 Å². The van der Waals surface area contributed by atoms with E-state index in [9.17, 15) is 0 Å². The largest absolute Gasteiger partial charge is 0.0713 e. The first-order valence-electron chi connectivity index (χ1n) is 2.56. The molecule has 0 bridgehead atoms. The molecule has 0 amide bonds. The standard InChI is InChI=1S/C4H11Si/c1-4-5(2)3/h4H2,1-3H3/i1D. The van der Waals surface area contributed by atoms with Crippen molar-refractivity contribution < 1.29 is 1.37 Å². The highest BCUT2D eigenvalue weighted by Gasteiger charge is 1.83. The number of rotatable bonds is 1. The first-order valence-corrected chi connectivity index (χ1v) is 4.56. The minimum atomic E-state index is -0.0730. The molecule has 0 aromatic rings. The molecular formula is C4H11Si. The molecule has 0 spiro atoms. The van der Waals surface area contributed by atoms with Gasteiger partial charge in [-0.2, -0.15) is 0 Å². The third-order valence-electron chi connectivity index (χ3n) is 0.500. The fourth-order valence-corrected chi connectivity index (χ4v) is 0. The molecule has 0 aliphatic carbocycles. The molecule has 0 aliphatic heterocycles. The highest BCUT2D eigenvalue weighted by molar-refractivity contribution is 6.55. The Morgan fingerprint density at radius 3 is 2.40 bits per heavy atom. The summed E-state index contributed by atoms with van der Waals surface area (Å²) in [4.78, 5) is 0. The summed E-state index contributed by atoms with van der Waals surface area (Å²) in [6.45, 7) is 5.10. The van der Waals surface area contributed by atoms with Crippen molar-refractivity contribution in [1.82, 2.24) is 0 Å². The van der Waals surface area contributed by atoms with Crippen LogP contribution in [0.4, 0.5) is 0 Å². The lowest BCUT2D eigenvalue weighted by atomic mass is 11.0. The maximum atomic E-state index is 6.76. The molecule has 0 N–H and O–H groups in total. The summed E-state index contributed by atoms with van der Waals surface area (Å²) in [5.74, 6) is 0. The van der Waals surface area contributed by atoms with Gasteiger partial charge in [-0.25, -0.2) is 0 Å². The third-order valence-corrected chi connectivity index (χ3v) is 1.50. The second-order valence-electron chi connectivity index (χ2n) is 1.46. The molecule has 0 unspecified atom stereocenters. The summed E-state index contributed by atoms with van der Waals surface area (Å²) in [6, 6.07) is 1.14. The van der Waals surface area contributed by atoms with Gasteiger partial charge in [0.1, 0.15) is 0 Å². The zero-order chi connectivity index (χ0) is 4.99. The van der Waals surface area contributed by atoms with Crippen LogP contribution < -0.4 is 0 Å². The van der Waals surface area contributed by atoms with Gasteiger partial charge in [-0.1, -0.05) is 26.0 Å². The third kappa shape index (κ3) is 4.22. The average Bonchev–Trinajstić information content (AvgIpc) is 1.35. The van der Waals surface area contributed by atoms with E-state index in [1.807, 2.05) is 0 Å². The van der Waals surface area contributed by atoms with Gasteiger partial charge in [-0.15, -0.1) is 0 Å². The Morgan fingerprint density at radius 1 is 1.80 bits per heavy atom. The summed E-state index contributed by atoms with van der Waals surface area (Å²) in [6.07, 6.45) is 0. The van der Waals surface area contributed by atoms with Crippen LogP contribution in [-0.4, -0.2) is 8.80 Å². The summed E-state index contributed by atoms with van der Waals surface area (Å²) >= 11 is 0. The molecule has 0 fully saturated rings. The van der Waals surface area contributed by atoms with Crippen LogP contribution in [0.3, 0.4) is 0 Å². The zero-order valence-electron chi connectivity index (χ0n) is 4.91. The lowest BCUT2D eigenvalue weighted by Crippen LogP contribution is -1.92. The van der Waals surface area contributed by atoms with Crippen molar-refractivity contribution in [2.45, 2.75) is 26.0 Å². The van der Waals surface area contributed by atoms with Crippen LogP contribution in [0.1, 0.15) is 8.27 Å². The van der Waals surface area contributed by atoms with Crippen LogP contribution in [0.2, 0.25) is 19.1 Å². The van der Waals surface area contributed by atoms with Gasteiger partial charge in [0.25, 0.3) is 0 Å². The molecule has 1 heteroatoms. The predicted molar refractivity (Wildman–Crippen MR) is 28.0 cm³/mol. The quantitative estimate of drug-likeness (QED) is 0.428. The zero-order valence-corrected chi connectivity index (χ0v) is 4.91. The van der Waals surface area contributed by atoms with E-state index in [1.165, 1.54) is 0 Å². The van der Waals surface area contributed by atoms with E-state index in [0.717, 1.165) is 6.04 Å². The van der Waals surface area contributed by atoms with E-state index in [2.05, 4.69) is 13.1 Å². The minimum Gasteiger partial charge on any atom is -0.0713 e. The summed E-state index contributed by atoms with van der Waals surface area (Å²) in [5.41, 5.74) is 0. The van der Waals surface area contributed by atoms with Gasteiger partial charge in [0.2, 0.25) is 0 Å². The topological polar surface area (TPSA) is 0 Å². The van der Waals surface area contributed by atoms with Crippen LogP contribution in [0, 0.1) is 0 Å². The van der Waals surface area contributed by atoms with E-state index < -0.39 is 0 Å². The molecule has 0 atom stereocenters. The molecule has 0 heterocycles. The molecule has 1 radical (unpaired) electrons. The van der Waals surface area contributed by atoms with Crippen molar-refractivity contribution in [3.8, 4) is 0 Å². The van der Waals surface area contributed by atoms with Crippen LogP contribution in [0.5, 0.6) is 0 Å². The monoisotopic (exact) mass is 88.1 g/mol. The Balaban J connectivity index is 2.63. The number of hydrogen-bond acceptors (Lipinski definition) is 0. The Morgan fingerprint density at radius 2 is 2.40 bits per heavy atom. The minimum absolute atomic E-state index is 0.0730. The van der Waals surface area contributed by atoms with Crippen LogP contribution in [0.25, 0.3) is 0 Å². The van der Waals surface area contributed by atoms with Crippen molar-refractivity contribution >= 4 is 8.80 Å². The van der Waals surface area contributed by atoms with Crippen molar-refractivity contribution in [1.29, 1.82) is 0 Å². The number of hydrogen-bond donors (Lipinski definition) is 0. The van der Waals surface area contributed by atoms with E-state index in [1.54, 1.807) is 0 Å². The lowest BCUT2D eigenvalue weighted by molar-refractivity contribution is 1.41. The summed E-state index contributed by atoms with van der Waals surface area (Å²) in [5, 5.41) is 0. The highest BCUT2D eigenvalue weighted by Crippen LogP contribution is 1.83. The van der Waals surface area contributed by atoms with Crippen LogP contribution in [-0.2, 0) is 0 Å². The van der Waals surface area contributed by atoms with E-state index in [-0.39, 0.29) is 8.80 Å². The maximum absolute atomic E-state index is 6.76. The van der Waals surface area contributed by atoms with Crippen LogP contribution in [0.15, 0.2) is 0 Å².